The van der Waals surface area contributed by atoms with E-state index in [4.69, 9.17) is 0 Å². The predicted molar refractivity (Wildman–Crippen MR) is 99.5 cm³/mol. The van der Waals surface area contributed by atoms with E-state index in [-0.39, 0.29) is 24.7 Å². The number of carbonyl (C=O) groups excluding carboxylic acids is 2. The summed E-state index contributed by atoms with van der Waals surface area (Å²) in [4.78, 5) is 33.8. The lowest BCUT2D eigenvalue weighted by Gasteiger charge is -2.27. The van der Waals surface area contributed by atoms with Crippen molar-refractivity contribution < 1.29 is 9.59 Å². The smallest absolute Gasteiger partial charge is 0.224 e. The fraction of sp³-hybridized carbons (Fsp3) is 0.250. The molecule has 6 nitrogen and oxygen atoms in total. The minimum atomic E-state index is -0.170. The summed E-state index contributed by atoms with van der Waals surface area (Å²) >= 11 is 0. The van der Waals surface area contributed by atoms with Gasteiger partial charge in [0.2, 0.25) is 11.8 Å². The molecular formula is C20H20N4O2. The fourth-order valence-corrected chi connectivity index (χ4v) is 3.42. The molecule has 1 aliphatic rings. The maximum Gasteiger partial charge on any atom is 0.224 e. The number of nitrogens with zero attached hydrogens (tertiary/aromatic N) is 2. The molecule has 0 fully saturated rings. The molecule has 0 spiro atoms. The largest absolute Gasteiger partial charge is 0.358 e. The van der Waals surface area contributed by atoms with Crippen molar-refractivity contribution in [3.8, 4) is 0 Å². The highest BCUT2D eigenvalue weighted by Crippen LogP contribution is 2.27. The molecule has 0 bridgehead atoms. The van der Waals surface area contributed by atoms with E-state index in [0.717, 1.165) is 11.9 Å². The van der Waals surface area contributed by atoms with Crippen LogP contribution in [0.1, 0.15) is 24.1 Å². The lowest BCUT2D eigenvalue weighted by Crippen LogP contribution is -2.36. The second-order valence-electron chi connectivity index (χ2n) is 6.48. The number of hydrogen-bond donors (Lipinski definition) is 2. The summed E-state index contributed by atoms with van der Waals surface area (Å²) in [5, 5.41) is 3.93. The van der Waals surface area contributed by atoms with Gasteiger partial charge in [-0.25, -0.2) is 0 Å². The van der Waals surface area contributed by atoms with Crippen LogP contribution in [0.15, 0.2) is 48.8 Å². The van der Waals surface area contributed by atoms with Crippen molar-refractivity contribution >= 4 is 28.4 Å². The van der Waals surface area contributed by atoms with Crippen molar-refractivity contribution in [1.29, 1.82) is 0 Å². The van der Waals surface area contributed by atoms with Gasteiger partial charge < -0.3 is 15.2 Å². The molecule has 4 rings (SSSR count). The number of aromatic amines is 1. The average Bonchev–Trinajstić information content (AvgIpc) is 3.05. The van der Waals surface area contributed by atoms with Crippen LogP contribution in [0.4, 0.5) is 5.69 Å². The Morgan fingerprint density at radius 1 is 1.15 bits per heavy atom. The zero-order valence-electron chi connectivity index (χ0n) is 14.4. The third-order valence-electron chi connectivity index (χ3n) is 4.75. The van der Waals surface area contributed by atoms with Gasteiger partial charge in [-0.2, -0.15) is 0 Å². The lowest BCUT2D eigenvalue weighted by molar-refractivity contribution is -0.133. The van der Waals surface area contributed by atoms with E-state index in [0.29, 0.717) is 18.8 Å². The Kier molecular flexibility index (Phi) is 4.39. The Morgan fingerprint density at radius 2 is 2.04 bits per heavy atom. The number of amides is 2. The summed E-state index contributed by atoms with van der Waals surface area (Å²) in [6.45, 7) is 1.28. The number of nitrogens with one attached hydrogen (secondary N) is 2. The molecule has 26 heavy (non-hydrogen) atoms. The zero-order chi connectivity index (χ0) is 17.9. The molecule has 0 aliphatic carbocycles. The molecule has 132 valence electrons. The van der Waals surface area contributed by atoms with Gasteiger partial charge in [-0.3, -0.25) is 14.6 Å². The van der Waals surface area contributed by atoms with E-state index in [9.17, 15) is 9.59 Å². The van der Waals surface area contributed by atoms with Gasteiger partial charge in [0.25, 0.3) is 0 Å². The van der Waals surface area contributed by atoms with E-state index in [1.165, 1.54) is 16.6 Å². The molecule has 0 radical (unpaired) electrons. The van der Waals surface area contributed by atoms with Gasteiger partial charge in [0.05, 0.1) is 11.9 Å². The standard InChI is InChI=1S/C20H20N4O2/c25-19(22-14-4-3-10-21-12-14)7-8-20(26)24-11-9-18-16(13-24)15-5-1-2-6-17(15)23-18/h1-6,10,12,23H,7-9,11,13H2,(H,22,25). The first kappa shape index (κ1) is 16.3. The van der Waals surface area contributed by atoms with Crippen LogP contribution in [0.3, 0.4) is 0 Å². The van der Waals surface area contributed by atoms with Crippen molar-refractivity contribution in [3.05, 3.63) is 60.0 Å². The average molecular weight is 348 g/mol. The Hall–Kier alpha value is -3.15. The van der Waals surface area contributed by atoms with E-state index in [1.54, 1.807) is 24.5 Å². The van der Waals surface area contributed by atoms with Crippen LogP contribution in [0.2, 0.25) is 0 Å². The van der Waals surface area contributed by atoms with Gasteiger partial charge in [-0.15, -0.1) is 0 Å². The van der Waals surface area contributed by atoms with Crippen molar-refractivity contribution in [2.75, 3.05) is 11.9 Å². The van der Waals surface area contributed by atoms with Crippen molar-refractivity contribution in [2.45, 2.75) is 25.8 Å². The number of fused-ring (bicyclic) bond motifs is 3. The summed E-state index contributed by atoms with van der Waals surface area (Å²) in [5.74, 6) is -0.154. The molecule has 2 amide bonds. The van der Waals surface area contributed by atoms with E-state index in [1.807, 2.05) is 17.0 Å². The molecule has 3 aromatic rings. The molecule has 1 aromatic carbocycles. The first-order valence-electron chi connectivity index (χ1n) is 8.77. The molecule has 6 heteroatoms. The van der Waals surface area contributed by atoms with Gasteiger partial charge in [-0.05, 0) is 18.2 Å². The molecule has 0 unspecified atom stereocenters. The summed E-state index contributed by atoms with van der Waals surface area (Å²) < 4.78 is 0. The summed E-state index contributed by atoms with van der Waals surface area (Å²) in [6.07, 6.45) is 4.43. The fourth-order valence-electron chi connectivity index (χ4n) is 3.42. The van der Waals surface area contributed by atoms with Gasteiger partial charge in [0, 0.05) is 60.7 Å². The SMILES string of the molecule is O=C(CCC(=O)N1CCc2[nH]c3ccccc3c2C1)Nc1cccnc1. The molecule has 3 heterocycles. The molecule has 0 atom stereocenters. The summed E-state index contributed by atoms with van der Waals surface area (Å²) in [5.41, 5.74) is 4.17. The van der Waals surface area contributed by atoms with Crippen molar-refractivity contribution in [1.82, 2.24) is 14.9 Å². The number of aromatic nitrogens is 2. The third-order valence-corrected chi connectivity index (χ3v) is 4.75. The number of rotatable bonds is 4. The van der Waals surface area contributed by atoms with Crippen LogP contribution in [-0.4, -0.2) is 33.2 Å². The minimum Gasteiger partial charge on any atom is -0.358 e. The molecule has 2 N–H and O–H groups in total. The van der Waals surface area contributed by atoms with Crippen molar-refractivity contribution in [3.63, 3.8) is 0 Å². The predicted octanol–water partition coefficient (Wildman–Crippen LogP) is 2.87. The Morgan fingerprint density at radius 3 is 2.88 bits per heavy atom. The summed E-state index contributed by atoms with van der Waals surface area (Å²) in [7, 11) is 0. The number of hydrogen-bond acceptors (Lipinski definition) is 3. The first-order chi connectivity index (χ1) is 12.7. The second kappa shape index (κ2) is 7.00. The van der Waals surface area contributed by atoms with Crippen LogP contribution < -0.4 is 5.32 Å². The number of H-pyrrole nitrogens is 1. The third kappa shape index (κ3) is 3.31. The highest BCUT2D eigenvalue weighted by Gasteiger charge is 2.24. The maximum atomic E-state index is 12.5. The Bertz CT molecular complexity index is 949. The van der Waals surface area contributed by atoms with Crippen LogP contribution in [0.5, 0.6) is 0 Å². The van der Waals surface area contributed by atoms with Crippen LogP contribution in [0, 0.1) is 0 Å². The highest BCUT2D eigenvalue weighted by atomic mass is 16.2. The highest BCUT2D eigenvalue weighted by molar-refractivity contribution is 5.93. The van der Waals surface area contributed by atoms with Gasteiger partial charge in [0.15, 0.2) is 0 Å². The number of pyridine rings is 1. The molecule has 0 saturated heterocycles. The Labute approximate surface area is 151 Å². The van der Waals surface area contributed by atoms with Crippen LogP contribution in [-0.2, 0) is 22.6 Å². The topological polar surface area (TPSA) is 78.1 Å². The lowest BCUT2D eigenvalue weighted by atomic mass is 10.0. The second-order valence-corrected chi connectivity index (χ2v) is 6.48. The first-order valence-corrected chi connectivity index (χ1v) is 8.77. The zero-order valence-corrected chi connectivity index (χ0v) is 14.4. The number of para-hydroxylation sites is 1. The number of anilines is 1. The van der Waals surface area contributed by atoms with Gasteiger partial charge in [0.1, 0.15) is 0 Å². The summed E-state index contributed by atoms with van der Waals surface area (Å²) in [6, 6.07) is 11.7. The molecule has 0 saturated carbocycles. The van der Waals surface area contributed by atoms with E-state index < -0.39 is 0 Å². The Balaban J connectivity index is 1.36. The van der Waals surface area contributed by atoms with Gasteiger partial charge >= 0.3 is 0 Å². The van der Waals surface area contributed by atoms with E-state index >= 15 is 0 Å². The van der Waals surface area contributed by atoms with Crippen LogP contribution in [0.25, 0.3) is 10.9 Å². The molecule has 2 aromatic heterocycles. The minimum absolute atomic E-state index is 0.0160. The quantitative estimate of drug-likeness (QED) is 0.761. The number of benzene rings is 1. The van der Waals surface area contributed by atoms with E-state index in [2.05, 4.69) is 27.4 Å². The van der Waals surface area contributed by atoms with Crippen LogP contribution >= 0.6 is 0 Å². The van der Waals surface area contributed by atoms with Crippen molar-refractivity contribution in [2.24, 2.45) is 0 Å². The van der Waals surface area contributed by atoms with Gasteiger partial charge in [-0.1, -0.05) is 18.2 Å². The molecular weight excluding hydrogens is 328 g/mol. The monoisotopic (exact) mass is 348 g/mol. The normalized spacial score (nSPS) is 13.5. The molecule has 1 aliphatic heterocycles. The number of carbonyl (C=O) groups is 2. The maximum absolute atomic E-state index is 12.5.